The van der Waals surface area contributed by atoms with Gasteiger partial charge in [-0.1, -0.05) is 0 Å². The third-order valence-electron chi connectivity index (χ3n) is 2.19. The highest BCUT2D eigenvalue weighted by molar-refractivity contribution is 14.0. The van der Waals surface area contributed by atoms with Gasteiger partial charge in [0.25, 0.3) is 0 Å². The third kappa shape index (κ3) is 7.19. The number of halogens is 1. The largest absolute Gasteiger partial charge is 0.481 e. The molecule has 0 aliphatic carbocycles. The Morgan fingerprint density at radius 1 is 1.42 bits per heavy atom. The minimum Gasteiger partial charge on any atom is -0.481 e. The van der Waals surface area contributed by atoms with Gasteiger partial charge < -0.3 is 15.4 Å². The molecule has 0 radical (unpaired) electrons. The van der Waals surface area contributed by atoms with E-state index in [1.54, 1.807) is 20.4 Å². The molecule has 1 aromatic rings. The van der Waals surface area contributed by atoms with Crippen molar-refractivity contribution in [1.82, 2.24) is 15.6 Å². The van der Waals surface area contributed by atoms with Crippen LogP contribution < -0.4 is 15.4 Å². The lowest BCUT2D eigenvalue weighted by molar-refractivity contribution is 0.397. The summed E-state index contributed by atoms with van der Waals surface area (Å²) in [5.41, 5.74) is 1.08. The number of guanidine groups is 1. The number of nitrogens with one attached hydrogen (secondary N) is 2. The first kappa shape index (κ1) is 17.9. The first-order chi connectivity index (χ1) is 8.44. The zero-order valence-electron chi connectivity index (χ0n) is 12.2. The molecule has 0 aromatic carbocycles. The smallest absolute Gasteiger partial charge is 0.213 e. The fourth-order valence-electron chi connectivity index (χ4n) is 1.39. The normalized spacial score (nSPS) is 11.5. The monoisotopic (exact) mass is 378 g/mol. The van der Waals surface area contributed by atoms with Crippen molar-refractivity contribution in [3.8, 4) is 5.88 Å². The Hall–Kier alpha value is -1.05. The second kappa shape index (κ2) is 8.19. The van der Waals surface area contributed by atoms with Gasteiger partial charge in [-0.3, -0.25) is 4.99 Å². The molecule has 0 amide bonds. The maximum Gasteiger partial charge on any atom is 0.213 e. The molecule has 0 spiro atoms. The summed E-state index contributed by atoms with van der Waals surface area (Å²) in [5.74, 6) is 1.39. The van der Waals surface area contributed by atoms with Crippen LogP contribution in [0.4, 0.5) is 0 Å². The quantitative estimate of drug-likeness (QED) is 0.481. The second-order valence-electron chi connectivity index (χ2n) is 5.01. The summed E-state index contributed by atoms with van der Waals surface area (Å²) in [6.45, 7) is 6.95. The van der Waals surface area contributed by atoms with Gasteiger partial charge in [0.15, 0.2) is 5.96 Å². The van der Waals surface area contributed by atoms with E-state index in [4.69, 9.17) is 4.74 Å². The maximum atomic E-state index is 5.08. The molecule has 108 valence electrons. The zero-order chi connectivity index (χ0) is 13.6. The van der Waals surface area contributed by atoms with Crippen molar-refractivity contribution in [2.24, 2.45) is 4.99 Å². The van der Waals surface area contributed by atoms with Gasteiger partial charge in [0.2, 0.25) is 5.88 Å². The molecule has 6 heteroatoms. The molecule has 0 aliphatic heterocycles. The highest BCUT2D eigenvalue weighted by Crippen LogP contribution is 2.08. The van der Waals surface area contributed by atoms with E-state index in [9.17, 15) is 0 Å². The summed E-state index contributed by atoms with van der Waals surface area (Å²) in [6.07, 6.45) is 1.73. The van der Waals surface area contributed by atoms with Crippen LogP contribution in [0.25, 0.3) is 0 Å². The van der Waals surface area contributed by atoms with Crippen molar-refractivity contribution in [2.75, 3.05) is 14.2 Å². The van der Waals surface area contributed by atoms with Gasteiger partial charge in [0.1, 0.15) is 0 Å². The van der Waals surface area contributed by atoms with Gasteiger partial charge in [-0.2, -0.15) is 0 Å². The van der Waals surface area contributed by atoms with E-state index >= 15 is 0 Å². The molecule has 0 fully saturated rings. The highest BCUT2D eigenvalue weighted by Gasteiger charge is 2.11. The topological polar surface area (TPSA) is 58.5 Å². The maximum absolute atomic E-state index is 5.08. The predicted molar refractivity (Wildman–Crippen MR) is 89.3 cm³/mol. The van der Waals surface area contributed by atoms with Gasteiger partial charge in [0, 0.05) is 31.4 Å². The summed E-state index contributed by atoms with van der Waals surface area (Å²) in [6, 6.07) is 3.84. The van der Waals surface area contributed by atoms with E-state index in [2.05, 4.69) is 41.4 Å². The summed E-state index contributed by atoms with van der Waals surface area (Å²) in [4.78, 5) is 8.25. The number of hydrogen-bond donors (Lipinski definition) is 2. The Morgan fingerprint density at radius 2 is 2.11 bits per heavy atom. The van der Waals surface area contributed by atoms with E-state index in [-0.39, 0.29) is 29.5 Å². The van der Waals surface area contributed by atoms with Crippen LogP contribution in [-0.2, 0) is 6.54 Å². The Kier molecular flexibility index (Phi) is 7.73. The first-order valence-corrected chi connectivity index (χ1v) is 5.92. The number of ether oxygens (including phenoxy) is 1. The van der Waals surface area contributed by atoms with E-state index in [0.29, 0.717) is 12.4 Å². The van der Waals surface area contributed by atoms with Crippen LogP contribution in [0.5, 0.6) is 5.88 Å². The number of aromatic nitrogens is 1. The molecule has 2 N–H and O–H groups in total. The molecule has 5 nitrogen and oxygen atoms in total. The Balaban J connectivity index is 0.00000324. The van der Waals surface area contributed by atoms with Crippen molar-refractivity contribution in [2.45, 2.75) is 32.9 Å². The van der Waals surface area contributed by atoms with Gasteiger partial charge in [-0.25, -0.2) is 4.98 Å². The number of aliphatic imine (C=N–C) groups is 1. The van der Waals surface area contributed by atoms with Crippen molar-refractivity contribution >= 4 is 29.9 Å². The highest BCUT2D eigenvalue weighted by atomic mass is 127. The molecule has 0 atom stereocenters. The average molecular weight is 378 g/mol. The lowest BCUT2D eigenvalue weighted by Gasteiger charge is -2.23. The standard InChI is InChI=1S/C13H22N4O.HI/c1-13(2,3)17-12(14-4)16-9-10-6-7-15-11(8-10)18-5;/h6-8H,9H2,1-5H3,(H2,14,16,17);1H. The molecule has 0 saturated carbocycles. The minimum absolute atomic E-state index is 0. The fraction of sp³-hybridized carbons (Fsp3) is 0.538. The number of nitrogens with zero attached hydrogens (tertiary/aromatic N) is 2. The third-order valence-corrected chi connectivity index (χ3v) is 2.19. The number of methoxy groups -OCH3 is 1. The van der Waals surface area contributed by atoms with Crippen LogP contribution in [0.15, 0.2) is 23.3 Å². The van der Waals surface area contributed by atoms with Crippen LogP contribution in [0.3, 0.4) is 0 Å². The Bertz CT molecular complexity index is 415. The number of rotatable bonds is 3. The summed E-state index contributed by atoms with van der Waals surface area (Å²) in [5, 5.41) is 6.55. The molecule has 0 aliphatic rings. The molecule has 0 bridgehead atoms. The Labute approximate surface area is 132 Å². The number of pyridine rings is 1. The van der Waals surface area contributed by atoms with Crippen LogP contribution in [0.2, 0.25) is 0 Å². The summed E-state index contributed by atoms with van der Waals surface area (Å²) < 4.78 is 5.08. The van der Waals surface area contributed by atoms with Crippen molar-refractivity contribution < 1.29 is 4.74 Å². The zero-order valence-corrected chi connectivity index (χ0v) is 14.5. The minimum atomic E-state index is -0.0161. The van der Waals surface area contributed by atoms with Crippen LogP contribution >= 0.6 is 24.0 Å². The van der Waals surface area contributed by atoms with Crippen molar-refractivity contribution in [3.05, 3.63) is 23.9 Å². The number of hydrogen-bond acceptors (Lipinski definition) is 3. The van der Waals surface area contributed by atoms with E-state index < -0.39 is 0 Å². The van der Waals surface area contributed by atoms with Crippen LogP contribution in [0.1, 0.15) is 26.3 Å². The molecule has 1 rings (SSSR count). The second-order valence-corrected chi connectivity index (χ2v) is 5.01. The summed E-state index contributed by atoms with van der Waals surface area (Å²) in [7, 11) is 3.37. The lowest BCUT2D eigenvalue weighted by Crippen LogP contribution is -2.47. The molecule has 1 aromatic heterocycles. The van der Waals surface area contributed by atoms with Gasteiger partial charge in [-0.05, 0) is 32.4 Å². The van der Waals surface area contributed by atoms with Gasteiger partial charge in [-0.15, -0.1) is 24.0 Å². The lowest BCUT2D eigenvalue weighted by atomic mass is 10.1. The first-order valence-electron chi connectivity index (χ1n) is 5.92. The SMILES string of the molecule is CN=C(NCc1ccnc(OC)c1)NC(C)(C)C.I. The fourth-order valence-corrected chi connectivity index (χ4v) is 1.39. The van der Waals surface area contributed by atoms with Crippen LogP contribution in [0, 0.1) is 0 Å². The predicted octanol–water partition coefficient (Wildman–Crippen LogP) is 2.17. The molecular formula is C13H23IN4O. The van der Waals surface area contributed by atoms with Gasteiger partial charge in [0.05, 0.1) is 7.11 Å². The molecule has 0 unspecified atom stereocenters. The van der Waals surface area contributed by atoms with E-state index in [1.807, 2.05) is 12.1 Å². The van der Waals surface area contributed by atoms with E-state index in [0.717, 1.165) is 11.5 Å². The van der Waals surface area contributed by atoms with Gasteiger partial charge >= 0.3 is 0 Å². The molecular weight excluding hydrogens is 355 g/mol. The average Bonchev–Trinajstić information content (AvgIpc) is 2.33. The Morgan fingerprint density at radius 3 is 2.63 bits per heavy atom. The molecule has 19 heavy (non-hydrogen) atoms. The van der Waals surface area contributed by atoms with Crippen molar-refractivity contribution in [1.29, 1.82) is 0 Å². The van der Waals surface area contributed by atoms with E-state index in [1.165, 1.54) is 0 Å². The van der Waals surface area contributed by atoms with Crippen molar-refractivity contribution in [3.63, 3.8) is 0 Å². The summed E-state index contributed by atoms with van der Waals surface area (Å²) >= 11 is 0. The molecule has 1 heterocycles. The van der Waals surface area contributed by atoms with Crippen LogP contribution in [-0.4, -0.2) is 30.6 Å². The molecule has 0 saturated heterocycles.